The lowest BCUT2D eigenvalue weighted by Crippen LogP contribution is -2.39. The third-order valence-corrected chi connectivity index (χ3v) is 1.88. The fourth-order valence-electron chi connectivity index (χ4n) is 0.957. The molecule has 4 heteroatoms. The smallest absolute Gasteiger partial charge is 0.350 e. The zero-order chi connectivity index (χ0) is 13.5. The third kappa shape index (κ3) is 6.76. The number of esters is 2. The average Bonchev–Trinajstić information content (AvgIpc) is 2.22. The molecule has 0 saturated carbocycles. The van der Waals surface area contributed by atoms with Crippen molar-refractivity contribution in [3.05, 3.63) is 12.2 Å². The van der Waals surface area contributed by atoms with Crippen molar-refractivity contribution in [3.8, 4) is 0 Å². The molecule has 0 saturated heterocycles. The predicted molar refractivity (Wildman–Crippen MR) is 65.4 cm³/mol. The first-order valence-electron chi connectivity index (χ1n) is 5.86. The first-order chi connectivity index (χ1) is 7.79. The Morgan fingerprint density at radius 3 is 2.35 bits per heavy atom. The van der Waals surface area contributed by atoms with Gasteiger partial charge in [-0.1, -0.05) is 26.8 Å². The zero-order valence-electron chi connectivity index (χ0n) is 11.3. The molecule has 0 bridgehead atoms. The molecule has 0 radical (unpaired) electrons. The van der Waals surface area contributed by atoms with Crippen LogP contribution in [-0.4, -0.2) is 24.1 Å². The summed E-state index contributed by atoms with van der Waals surface area (Å²) < 4.78 is 10.1. The van der Waals surface area contributed by atoms with Gasteiger partial charge in [-0.3, -0.25) is 0 Å². The van der Waals surface area contributed by atoms with Crippen molar-refractivity contribution in [3.63, 3.8) is 0 Å². The molecule has 0 aromatic carbocycles. The van der Waals surface area contributed by atoms with Gasteiger partial charge in [-0.05, 0) is 26.2 Å². The molecule has 4 nitrogen and oxygen atoms in total. The number of ether oxygens (including phenoxy) is 2. The summed E-state index contributed by atoms with van der Waals surface area (Å²) in [6, 6.07) is 0. The number of rotatable bonds is 6. The lowest BCUT2D eigenvalue weighted by Gasteiger charge is -2.22. The minimum Gasteiger partial charge on any atom is -0.462 e. The number of hydrogen-bond acceptors (Lipinski definition) is 4. The van der Waals surface area contributed by atoms with E-state index >= 15 is 0 Å². The summed E-state index contributed by atoms with van der Waals surface area (Å²) in [6.07, 6.45) is 3.74. The normalized spacial score (nSPS) is 11.9. The molecule has 0 rings (SSSR count). The van der Waals surface area contributed by atoms with Crippen LogP contribution in [0.5, 0.6) is 0 Å². The van der Waals surface area contributed by atoms with E-state index in [1.54, 1.807) is 6.08 Å². The van der Waals surface area contributed by atoms with Gasteiger partial charge in [-0.2, -0.15) is 0 Å². The lowest BCUT2D eigenvalue weighted by molar-refractivity contribution is -0.176. The number of allylic oxidation sites excluding steroid dienone is 1. The Morgan fingerprint density at radius 1 is 1.29 bits per heavy atom. The molecule has 0 amide bonds. The molecule has 0 aliphatic heterocycles. The second kappa shape index (κ2) is 7.09. The second-order valence-corrected chi connectivity index (χ2v) is 4.73. The molecule has 0 spiro atoms. The van der Waals surface area contributed by atoms with E-state index in [4.69, 9.17) is 9.47 Å². The highest BCUT2D eigenvalue weighted by Gasteiger charge is 2.33. The molecular formula is C13H22O4. The maximum Gasteiger partial charge on any atom is 0.350 e. The topological polar surface area (TPSA) is 52.6 Å². The van der Waals surface area contributed by atoms with E-state index in [2.05, 4.69) is 0 Å². The van der Waals surface area contributed by atoms with Gasteiger partial charge in [0, 0.05) is 6.08 Å². The van der Waals surface area contributed by atoms with E-state index in [1.165, 1.54) is 19.9 Å². The van der Waals surface area contributed by atoms with Gasteiger partial charge in [0.05, 0.1) is 6.61 Å². The lowest BCUT2D eigenvalue weighted by atomic mass is 10.1. The zero-order valence-corrected chi connectivity index (χ0v) is 11.3. The molecule has 98 valence electrons. The summed E-state index contributed by atoms with van der Waals surface area (Å²) >= 11 is 0. The van der Waals surface area contributed by atoms with E-state index in [-0.39, 0.29) is 5.92 Å². The number of hydrogen-bond donors (Lipinski definition) is 0. The standard InChI is InChI=1S/C13H22O4/c1-6-7-8-11(14)17-13(4,5)12(15)16-9-10(2)3/h7-8,10H,6,9H2,1-5H3. The molecule has 0 aliphatic carbocycles. The fraction of sp³-hybridized carbons (Fsp3) is 0.692. The van der Waals surface area contributed by atoms with Crippen LogP contribution in [-0.2, 0) is 19.1 Å². The van der Waals surface area contributed by atoms with Crippen molar-refractivity contribution in [2.75, 3.05) is 6.61 Å². The Kier molecular flexibility index (Phi) is 6.54. The van der Waals surface area contributed by atoms with Crippen LogP contribution in [0, 0.1) is 5.92 Å². The van der Waals surface area contributed by atoms with Gasteiger partial charge in [0.15, 0.2) is 0 Å². The number of carbonyl (C=O) groups is 2. The molecule has 0 heterocycles. The van der Waals surface area contributed by atoms with Crippen LogP contribution >= 0.6 is 0 Å². The van der Waals surface area contributed by atoms with Crippen molar-refractivity contribution >= 4 is 11.9 Å². The summed E-state index contributed by atoms with van der Waals surface area (Å²) in [7, 11) is 0. The third-order valence-electron chi connectivity index (χ3n) is 1.88. The van der Waals surface area contributed by atoms with Crippen molar-refractivity contribution in [1.29, 1.82) is 0 Å². The van der Waals surface area contributed by atoms with Crippen molar-refractivity contribution in [2.45, 2.75) is 46.6 Å². The molecule has 0 fully saturated rings. The largest absolute Gasteiger partial charge is 0.462 e. The van der Waals surface area contributed by atoms with Crippen LogP contribution in [0.4, 0.5) is 0 Å². The van der Waals surface area contributed by atoms with E-state index in [0.717, 1.165) is 6.42 Å². The van der Waals surface area contributed by atoms with E-state index in [9.17, 15) is 9.59 Å². The van der Waals surface area contributed by atoms with Gasteiger partial charge in [0.2, 0.25) is 5.60 Å². The molecule has 0 N–H and O–H groups in total. The molecule has 17 heavy (non-hydrogen) atoms. The van der Waals surface area contributed by atoms with Gasteiger partial charge >= 0.3 is 11.9 Å². The van der Waals surface area contributed by atoms with Crippen molar-refractivity contribution < 1.29 is 19.1 Å². The minimum absolute atomic E-state index is 0.255. The Balaban J connectivity index is 4.30. The first-order valence-corrected chi connectivity index (χ1v) is 5.86. The van der Waals surface area contributed by atoms with Crippen LogP contribution in [0.3, 0.4) is 0 Å². The monoisotopic (exact) mass is 242 g/mol. The fourth-order valence-corrected chi connectivity index (χ4v) is 0.957. The molecule has 0 atom stereocenters. The second-order valence-electron chi connectivity index (χ2n) is 4.73. The maximum absolute atomic E-state index is 11.7. The van der Waals surface area contributed by atoms with E-state index in [1.807, 2.05) is 20.8 Å². The molecule has 0 aromatic heterocycles. The minimum atomic E-state index is -1.25. The van der Waals surface area contributed by atoms with Gasteiger partial charge < -0.3 is 9.47 Å². The quantitative estimate of drug-likeness (QED) is 0.530. The highest BCUT2D eigenvalue weighted by Crippen LogP contribution is 2.13. The Morgan fingerprint density at radius 2 is 1.88 bits per heavy atom. The van der Waals surface area contributed by atoms with Crippen molar-refractivity contribution in [1.82, 2.24) is 0 Å². The molecule has 0 aliphatic rings. The summed E-state index contributed by atoms with van der Waals surface area (Å²) in [5.41, 5.74) is -1.25. The van der Waals surface area contributed by atoms with Crippen LogP contribution in [0.2, 0.25) is 0 Å². The van der Waals surface area contributed by atoms with Crippen LogP contribution in [0.15, 0.2) is 12.2 Å². The maximum atomic E-state index is 11.7. The Bertz CT molecular complexity index is 290. The Labute approximate surface area is 103 Å². The summed E-state index contributed by atoms with van der Waals surface area (Å²) in [5.74, 6) is -0.798. The number of carbonyl (C=O) groups excluding carboxylic acids is 2. The highest BCUT2D eigenvalue weighted by atomic mass is 16.6. The van der Waals surface area contributed by atoms with Crippen LogP contribution in [0.1, 0.15) is 41.0 Å². The SMILES string of the molecule is CCC=CC(=O)OC(C)(C)C(=O)OCC(C)C. The van der Waals surface area contributed by atoms with Gasteiger partial charge in [0.25, 0.3) is 0 Å². The van der Waals surface area contributed by atoms with Crippen molar-refractivity contribution in [2.24, 2.45) is 5.92 Å². The van der Waals surface area contributed by atoms with Gasteiger partial charge in [-0.15, -0.1) is 0 Å². The van der Waals surface area contributed by atoms with Crippen LogP contribution in [0.25, 0.3) is 0 Å². The molecular weight excluding hydrogens is 220 g/mol. The van der Waals surface area contributed by atoms with Gasteiger partial charge in [0.1, 0.15) is 0 Å². The first kappa shape index (κ1) is 15.7. The summed E-state index contributed by atoms with van der Waals surface area (Å²) in [4.78, 5) is 23.0. The summed E-state index contributed by atoms with van der Waals surface area (Å²) in [6.45, 7) is 9.16. The summed E-state index contributed by atoms with van der Waals surface area (Å²) in [5, 5.41) is 0. The highest BCUT2D eigenvalue weighted by molar-refractivity contribution is 5.87. The van der Waals surface area contributed by atoms with Gasteiger partial charge in [-0.25, -0.2) is 9.59 Å². The average molecular weight is 242 g/mol. The Hall–Kier alpha value is -1.32. The predicted octanol–water partition coefficient (Wildman–Crippen LogP) is 2.47. The van der Waals surface area contributed by atoms with Crippen LogP contribution < -0.4 is 0 Å². The van der Waals surface area contributed by atoms with E-state index in [0.29, 0.717) is 6.61 Å². The van der Waals surface area contributed by atoms with E-state index < -0.39 is 17.5 Å². The molecule has 0 unspecified atom stereocenters. The molecule has 0 aromatic rings.